The van der Waals surface area contributed by atoms with Crippen LogP contribution in [-0.2, 0) is 16.1 Å². The van der Waals surface area contributed by atoms with E-state index in [0.717, 1.165) is 11.6 Å². The Bertz CT molecular complexity index is 779. The maximum absolute atomic E-state index is 11.9. The second-order valence-corrected chi connectivity index (χ2v) is 5.22. The fraction of sp³-hybridized carbons (Fsp3) is 0.125. The lowest BCUT2D eigenvalue weighted by Gasteiger charge is -2.07. The highest BCUT2D eigenvalue weighted by molar-refractivity contribution is 6.30. The van der Waals surface area contributed by atoms with Crippen molar-refractivity contribution >= 4 is 29.2 Å². The summed E-state index contributed by atoms with van der Waals surface area (Å²) in [6.07, 6.45) is 0. The monoisotopic (exact) mass is 348 g/mol. The number of hydrogen-bond donors (Lipinski definition) is 1. The Hall–Kier alpha value is -2.93. The lowest BCUT2D eigenvalue weighted by atomic mass is 10.2. The van der Waals surface area contributed by atoms with Crippen LogP contribution in [0.3, 0.4) is 0 Å². The molecule has 7 nitrogen and oxygen atoms in total. The molecule has 8 heteroatoms. The molecule has 0 saturated heterocycles. The van der Waals surface area contributed by atoms with Gasteiger partial charge in [-0.1, -0.05) is 29.8 Å². The smallest absolute Gasteiger partial charge is 0.325 e. The van der Waals surface area contributed by atoms with Crippen molar-refractivity contribution < 1.29 is 19.2 Å². The Balaban J connectivity index is 1.84. The number of benzene rings is 2. The number of carbonyl (C=O) groups is 2. The van der Waals surface area contributed by atoms with Crippen LogP contribution in [0.5, 0.6) is 0 Å². The van der Waals surface area contributed by atoms with Crippen molar-refractivity contribution in [3.8, 4) is 0 Å². The molecule has 0 bridgehead atoms. The predicted molar refractivity (Wildman–Crippen MR) is 86.7 cm³/mol. The van der Waals surface area contributed by atoms with E-state index in [-0.39, 0.29) is 24.4 Å². The number of amides is 1. The Labute approximate surface area is 142 Å². The summed E-state index contributed by atoms with van der Waals surface area (Å²) in [5.74, 6) is -1.23. The van der Waals surface area contributed by atoms with Gasteiger partial charge in [0.05, 0.1) is 4.92 Å². The average Bonchev–Trinajstić information content (AvgIpc) is 2.58. The molecule has 2 aromatic rings. The quantitative estimate of drug-likeness (QED) is 0.491. The van der Waals surface area contributed by atoms with E-state index in [1.807, 2.05) is 0 Å². The topological polar surface area (TPSA) is 98.5 Å². The minimum absolute atomic E-state index is 0.0338. The van der Waals surface area contributed by atoms with Gasteiger partial charge < -0.3 is 10.1 Å². The van der Waals surface area contributed by atoms with Crippen molar-refractivity contribution in [1.82, 2.24) is 5.32 Å². The van der Waals surface area contributed by atoms with Crippen LogP contribution in [-0.4, -0.2) is 23.3 Å². The van der Waals surface area contributed by atoms with E-state index in [2.05, 4.69) is 5.32 Å². The van der Waals surface area contributed by atoms with E-state index in [0.29, 0.717) is 5.02 Å². The third kappa shape index (κ3) is 5.06. The number of nitro benzene ring substituents is 1. The number of non-ortho nitro benzene ring substituents is 1. The summed E-state index contributed by atoms with van der Waals surface area (Å²) in [4.78, 5) is 33.6. The van der Waals surface area contributed by atoms with Gasteiger partial charge in [-0.15, -0.1) is 0 Å². The molecule has 0 aliphatic rings. The molecule has 124 valence electrons. The molecule has 0 heterocycles. The van der Waals surface area contributed by atoms with Gasteiger partial charge in [-0.05, 0) is 23.8 Å². The molecule has 2 rings (SSSR count). The Morgan fingerprint density at radius 3 is 2.62 bits per heavy atom. The van der Waals surface area contributed by atoms with Crippen molar-refractivity contribution in [2.75, 3.05) is 6.54 Å². The summed E-state index contributed by atoms with van der Waals surface area (Å²) < 4.78 is 5.01. The molecule has 0 aliphatic carbocycles. The van der Waals surface area contributed by atoms with Gasteiger partial charge in [0.25, 0.3) is 11.6 Å². The van der Waals surface area contributed by atoms with E-state index >= 15 is 0 Å². The maximum Gasteiger partial charge on any atom is 0.325 e. The third-order valence-corrected chi connectivity index (χ3v) is 3.24. The molecule has 0 fully saturated rings. The van der Waals surface area contributed by atoms with Crippen molar-refractivity contribution in [3.63, 3.8) is 0 Å². The summed E-state index contributed by atoms with van der Waals surface area (Å²) in [5, 5.41) is 13.6. The highest BCUT2D eigenvalue weighted by Crippen LogP contribution is 2.13. The first-order chi connectivity index (χ1) is 11.5. The van der Waals surface area contributed by atoms with Gasteiger partial charge in [-0.2, -0.15) is 0 Å². The third-order valence-electron chi connectivity index (χ3n) is 3.00. The fourth-order valence-electron chi connectivity index (χ4n) is 1.86. The second kappa shape index (κ2) is 8.07. The summed E-state index contributed by atoms with van der Waals surface area (Å²) >= 11 is 5.82. The minimum Gasteiger partial charge on any atom is -0.460 e. The summed E-state index contributed by atoms with van der Waals surface area (Å²) in [6.45, 7) is -0.311. The van der Waals surface area contributed by atoms with Gasteiger partial charge in [-0.25, -0.2) is 0 Å². The number of ether oxygens (including phenoxy) is 1. The summed E-state index contributed by atoms with van der Waals surface area (Å²) in [7, 11) is 0. The first-order valence-electron chi connectivity index (χ1n) is 6.88. The fourth-order valence-corrected chi connectivity index (χ4v) is 2.07. The van der Waals surface area contributed by atoms with Crippen molar-refractivity contribution in [3.05, 3.63) is 74.8 Å². The van der Waals surface area contributed by atoms with Crippen molar-refractivity contribution in [2.24, 2.45) is 0 Å². The molecule has 0 atom stereocenters. The highest BCUT2D eigenvalue weighted by Gasteiger charge is 2.13. The van der Waals surface area contributed by atoms with E-state index in [9.17, 15) is 19.7 Å². The van der Waals surface area contributed by atoms with Gasteiger partial charge in [0.2, 0.25) is 0 Å². The maximum atomic E-state index is 11.9. The number of halogens is 1. The van der Waals surface area contributed by atoms with Crippen LogP contribution >= 0.6 is 11.6 Å². The second-order valence-electron chi connectivity index (χ2n) is 4.78. The molecule has 0 unspecified atom stereocenters. The molecule has 0 aromatic heterocycles. The zero-order chi connectivity index (χ0) is 17.5. The van der Waals surface area contributed by atoms with E-state index in [1.54, 1.807) is 24.3 Å². The van der Waals surface area contributed by atoms with Crippen LogP contribution in [0.25, 0.3) is 0 Å². The molecule has 0 radical (unpaired) electrons. The SMILES string of the molecule is O=C(CNC(=O)c1cccc([N+](=O)[O-])c1)OCc1cccc(Cl)c1. The first kappa shape index (κ1) is 17.4. The largest absolute Gasteiger partial charge is 0.460 e. The normalized spacial score (nSPS) is 10.0. The van der Waals surface area contributed by atoms with Crippen molar-refractivity contribution in [1.29, 1.82) is 0 Å². The van der Waals surface area contributed by atoms with E-state index < -0.39 is 16.8 Å². The summed E-state index contributed by atoms with van der Waals surface area (Å²) in [6, 6.07) is 12.1. The lowest BCUT2D eigenvalue weighted by Crippen LogP contribution is -2.30. The number of esters is 1. The standard InChI is InChI=1S/C16H13ClN2O5/c17-13-5-1-3-11(7-13)10-24-15(20)9-18-16(21)12-4-2-6-14(8-12)19(22)23/h1-8H,9-10H2,(H,18,21). The zero-order valence-corrected chi connectivity index (χ0v) is 13.2. The number of rotatable bonds is 6. The molecule has 2 aromatic carbocycles. The number of nitrogens with one attached hydrogen (secondary N) is 1. The molecule has 1 N–H and O–H groups in total. The zero-order valence-electron chi connectivity index (χ0n) is 12.4. The van der Waals surface area contributed by atoms with Gasteiger partial charge in [0.1, 0.15) is 13.2 Å². The van der Waals surface area contributed by atoms with Crippen LogP contribution in [0.1, 0.15) is 15.9 Å². The number of carbonyl (C=O) groups excluding carboxylic acids is 2. The number of nitro groups is 1. The molecule has 0 aliphatic heterocycles. The molecule has 1 amide bonds. The van der Waals surface area contributed by atoms with Gasteiger partial charge in [-0.3, -0.25) is 19.7 Å². The van der Waals surface area contributed by atoms with Crippen LogP contribution in [0.4, 0.5) is 5.69 Å². The van der Waals surface area contributed by atoms with E-state index in [1.165, 1.54) is 18.2 Å². The van der Waals surface area contributed by atoms with Gasteiger partial charge >= 0.3 is 5.97 Å². The van der Waals surface area contributed by atoms with Gasteiger partial charge in [0.15, 0.2) is 0 Å². The van der Waals surface area contributed by atoms with Crippen LogP contribution in [0.2, 0.25) is 5.02 Å². The highest BCUT2D eigenvalue weighted by atomic mass is 35.5. The van der Waals surface area contributed by atoms with E-state index in [4.69, 9.17) is 16.3 Å². The molecule has 24 heavy (non-hydrogen) atoms. The predicted octanol–water partition coefficient (Wildman–Crippen LogP) is 2.72. The Kier molecular flexibility index (Phi) is 5.86. The summed E-state index contributed by atoms with van der Waals surface area (Å²) in [5.41, 5.74) is 0.610. The first-order valence-corrected chi connectivity index (χ1v) is 7.26. The van der Waals surface area contributed by atoms with Gasteiger partial charge in [0, 0.05) is 22.7 Å². The molecular formula is C16H13ClN2O5. The van der Waals surface area contributed by atoms with Crippen molar-refractivity contribution in [2.45, 2.75) is 6.61 Å². The molecular weight excluding hydrogens is 336 g/mol. The Morgan fingerprint density at radius 2 is 1.92 bits per heavy atom. The average molecular weight is 349 g/mol. The molecule has 0 spiro atoms. The number of hydrogen-bond acceptors (Lipinski definition) is 5. The van der Waals surface area contributed by atoms with Crippen LogP contribution in [0.15, 0.2) is 48.5 Å². The Morgan fingerprint density at radius 1 is 1.17 bits per heavy atom. The van der Waals surface area contributed by atoms with Crippen LogP contribution in [0, 0.1) is 10.1 Å². The minimum atomic E-state index is -0.631. The van der Waals surface area contributed by atoms with Crippen LogP contribution < -0.4 is 5.32 Å². The number of nitrogens with zero attached hydrogens (tertiary/aromatic N) is 1. The molecule has 0 saturated carbocycles. The lowest BCUT2D eigenvalue weighted by molar-refractivity contribution is -0.384.